The predicted molar refractivity (Wildman–Crippen MR) is 94.6 cm³/mol. The molecule has 0 unspecified atom stereocenters. The van der Waals surface area contributed by atoms with E-state index in [4.69, 9.17) is 5.73 Å². The van der Waals surface area contributed by atoms with E-state index in [1.54, 1.807) is 18.2 Å². The zero-order chi connectivity index (χ0) is 18.4. The molecule has 1 aliphatic carbocycles. The molecule has 1 fully saturated rings. The van der Waals surface area contributed by atoms with Crippen LogP contribution in [-0.2, 0) is 16.1 Å². The zero-order valence-electron chi connectivity index (χ0n) is 14.7. The van der Waals surface area contributed by atoms with Gasteiger partial charge in [-0.3, -0.25) is 14.4 Å². The first-order valence-electron chi connectivity index (χ1n) is 8.56. The molecule has 5 N–H and O–H groups in total. The highest BCUT2D eigenvalue weighted by molar-refractivity contribution is 5.94. The maximum absolute atomic E-state index is 12.0. The molecule has 0 aromatic heterocycles. The van der Waals surface area contributed by atoms with Crippen LogP contribution in [0.4, 0.5) is 0 Å². The van der Waals surface area contributed by atoms with Crippen LogP contribution >= 0.6 is 0 Å². The van der Waals surface area contributed by atoms with Crippen LogP contribution in [0.3, 0.4) is 0 Å². The van der Waals surface area contributed by atoms with Gasteiger partial charge in [-0.15, -0.1) is 0 Å². The van der Waals surface area contributed by atoms with Crippen LogP contribution in [0.5, 0.6) is 0 Å². The Morgan fingerprint density at radius 1 is 1.20 bits per heavy atom. The highest BCUT2D eigenvalue weighted by atomic mass is 16.2. The van der Waals surface area contributed by atoms with Gasteiger partial charge >= 0.3 is 0 Å². The number of carbonyl (C=O) groups excluding carboxylic acids is 3. The van der Waals surface area contributed by atoms with Crippen molar-refractivity contribution in [1.29, 1.82) is 0 Å². The fraction of sp³-hybridized carbons (Fsp3) is 0.500. The van der Waals surface area contributed by atoms with Gasteiger partial charge in [0, 0.05) is 18.2 Å². The lowest BCUT2D eigenvalue weighted by atomic mass is 10.1. The van der Waals surface area contributed by atoms with E-state index in [0.29, 0.717) is 11.6 Å². The van der Waals surface area contributed by atoms with E-state index in [1.165, 1.54) is 0 Å². The summed E-state index contributed by atoms with van der Waals surface area (Å²) in [6.45, 7) is 3.85. The summed E-state index contributed by atoms with van der Waals surface area (Å²) in [6.07, 6.45) is 2.07. The minimum Gasteiger partial charge on any atom is -0.350 e. The molecule has 136 valence electrons. The third-order valence-electron chi connectivity index (χ3n) is 4.04. The second-order valence-corrected chi connectivity index (χ2v) is 6.71. The van der Waals surface area contributed by atoms with Gasteiger partial charge in [0.25, 0.3) is 5.91 Å². The molecule has 1 aliphatic rings. The van der Waals surface area contributed by atoms with Crippen molar-refractivity contribution in [2.75, 3.05) is 6.54 Å². The van der Waals surface area contributed by atoms with Crippen LogP contribution in [0, 0.1) is 5.92 Å². The van der Waals surface area contributed by atoms with Gasteiger partial charge < -0.3 is 21.7 Å². The van der Waals surface area contributed by atoms with Crippen LogP contribution in [0.1, 0.15) is 42.6 Å². The summed E-state index contributed by atoms with van der Waals surface area (Å²) < 4.78 is 0. The van der Waals surface area contributed by atoms with E-state index in [1.807, 2.05) is 19.9 Å². The lowest BCUT2D eigenvalue weighted by molar-refractivity contribution is -0.127. The van der Waals surface area contributed by atoms with Gasteiger partial charge in [0.1, 0.15) is 0 Å². The SMILES string of the molecule is CC(C)[C@H](N)C(=O)NCC(=O)NCc1cccc(C(=O)NC2CC2)c1. The predicted octanol–water partition coefficient (Wildman–Crippen LogP) is 0.295. The Labute approximate surface area is 147 Å². The molecule has 0 bridgehead atoms. The fourth-order valence-corrected chi connectivity index (χ4v) is 2.17. The first-order valence-corrected chi connectivity index (χ1v) is 8.56. The fourth-order valence-electron chi connectivity index (χ4n) is 2.17. The van der Waals surface area contributed by atoms with E-state index in [0.717, 1.165) is 18.4 Å². The molecule has 1 aromatic rings. The lowest BCUT2D eigenvalue weighted by Crippen LogP contribution is -2.47. The number of nitrogens with one attached hydrogen (secondary N) is 3. The summed E-state index contributed by atoms with van der Waals surface area (Å²) >= 11 is 0. The van der Waals surface area contributed by atoms with E-state index < -0.39 is 6.04 Å². The monoisotopic (exact) mass is 346 g/mol. The van der Waals surface area contributed by atoms with Crippen LogP contribution < -0.4 is 21.7 Å². The minimum absolute atomic E-state index is 0.00702. The first-order chi connectivity index (χ1) is 11.9. The van der Waals surface area contributed by atoms with Crippen molar-refractivity contribution in [2.24, 2.45) is 11.7 Å². The second-order valence-electron chi connectivity index (χ2n) is 6.71. The van der Waals surface area contributed by atoms with Crippen LogP contribution in [0.2, 0.25) is 0 Å². The maximum Gasteiger partial charge on any atom is 0.251 e. The molecule has 1 saturated carbocycles. The van der Waals surface area contributed by atoms with Gasteiger partial charge in [0.15, 0.2) is 0 Å². The standard InChI is InChI=1S/C18H26N4O3/c1-11(2)16(19)18(25)21-10-15(23)20-9-12-4-3-5-13(8-12)17(24)22-14-6-7-14/h3-5,8,11,14,16H,6-7,9-10,19H2,1-2H3,(H,20,23)(H,21,25)(H,22,24)/t16-/m0/s1. The molecule has 1 atom stereocenters. The molecule has 7 nitrogen and oxygen atoms in total. The van der Waals surface area contributed by atoms with Crippen molar-refractivity contribution >= 4 is 17.7 Å². The molecule has 0 spiro atoms. The zero-order valence-corrected chi connectivity index (χ0v) is 14.7. The molecule has 0 saturated heterocycles. The highest BCUT2D eigenvalue weighted by Gasteiger charge is 2.23. The van der Waals surface area contributed by atoms with E-state index in [-0.39, 0.29) is 36.7 Å². The Hall–Kier alpha value is -2.41. The van der Waals surface area contributed by atoms with Gasteiger partial charge in [-0.2, -0.15) is 0 Å². The van der Waals surface area contributed by atoms with Crippen LogP contribution in [0.15, 0.2) is 24.3 Å². The second kappa shape index (κ2) is 8.62. The summed E-state index contributed by atoms with van der Waals surface area (Å²) in [5.74, 6) is -0.737. The van der Waals surface area contributed by atoms with Gasteiger partial charge in [-0.25, -0.2) is 0 Å². The molecule has 3 amide bonds. The van der Waals surface area contributed by atoms with Crippen LogP contribution in [-0.4, -0.2) is 36.3 Å². The van der Waals surface area contributed by atoms with Gasteiger partial charge in [0.2, 0.25) is 11.8 Å². The average Bonchev–Trinajstić information content (AvgIpc) is 3.41. The maximum atomic E-state index is 12.0. The summed E-state index contributed by atoms with van der Waals surface area (Å²) in [6, 6.07) is 6.79. The van der Waals surface area contributed by atoms with E-state index >= 15 is 0 Å². The van der Waals surface area contributed by atoms with E-state index in [9.17, 15) is 14.4 Å². The Morgan fingerprint density at radius 3 is 2.56 bits per heavy atom. The normalized spacial score (nSPS) is 14.7. The third kappa shape index (κ3) is 6.19. The highest BCUT2D eigenvalue weighted by Crippen LogP contribution is 2.19. The van der Waals surface area contributed by atoms with E-state index in [2.05, 4.69) is 16.0 Å². The summed E-state index contributed by atoms with van der Waals surface area (Å²) in [7, 11) is 0. The number of carbonyl (C=O) groups is 3. The van der Waals surface area contributed by atoms with Crippen molar-refractivity contribution in [3.63, 3.8) is 0 Å². The molecule has 0 aliphatic heterocycles. The van der Waals surface area contributed by atoms with Crippen molar-refractivity contribution in [3.05, 3.63) is 35.4 Å². The number of hydrogen-bond donors (Lipinski definition) is 4. The molecular weight excluding hydrogens is 320 g/mol. The Morgan fingerprint density at radius 2 is 1.92 bits per heavy atom. The molecule has 0 heterocycles. The Kier molecular flexibility index (Phi) is 6.52. The van der Waals surface area contributed by atoms with Crippen LogP contribution in [0.25, 0.3) is 0 Å². The Bertz CT molecular complexity index is 641. The van der Waals surface area contributed by atoms with Crippen molar-refractivity contribution in [2.45, 2.75) is 45.3 Å². The molecule has 7 heteroatoms. The third-order valence-corrected chi connectivity index (χ3v) is 4.04. The summed E-state index contributed by atoms with van der Waals surface area (Å²) in [4.78, 5) is 35.6. The average molecular weight is 346 g/mol. The Balaban J connectivity index is 1.77. The smallest absolute Gasteiger partial charge is 0.251 e. The van der Waals surface area contributed by atoms with Crippen molar-refractivity contribution in [3.8, 4) is 0 Å². The minimum atomic E-state index is -0.630. The van der Waals surface area contributed by atoms with Crippen molar-refractivity contribution in [1.82, 2.24) is 16.0 Å². The van der Waals surface area contributed by atoms with Gasteiger partial charge in [0.05, 0.1) is 12.6 Å². The molecule has 2 rings (SSSR count). The molecular formula is C18H26N4O3. The quantitative estimate of drug-likeness (QED) is 0.542. The van der Waals surface area contributed by atoms with Crippen molar-refractivity contribution < 1.29 is 14.4 Å². The first kappa shape index (κ1) is 18.9. The largest absolute Gasteiger partial charge is 0.350 e. The summed E-state index contributed by atoms with van der Waals surface area (Å²) in [5.41, 5.74) is 7.11. The molecule has 0 radical (unpaired) electrons. The number of rotatable bonds is 8. The number of benzene rings is 1. The number of hydrogen-bond acceptors (Lipinski definition) is 4. The number of nitrogens with two attached hydrogens (primary N) is 1. The molecule has 25 heavy (non-hydrogen) atoms. The summed E-state index contributed by atoms with van der Waals surface area (Å²) in [5, 5.41) is 8.16. The molecule has 1 aromatic carbocycles. The van der Waals surface area contributed by atoms with Gasteiger partial charge in [-0.05, 0) is 36.5 Å². The number of amides is 3. The lowest BCUT2D eigenvalue weighted by Gasteiger charge is -2.15. The van der Waals surface area contributed by atoms with Gasteiger partial charge in [-0.1, -0.05) is 26.0 Å². The topological polar surface area (TPSA) is 113 Å².